The zero-order valence-corrected chi connectivity index (χ0v) is 19.9. The van der Waals surface area contributed by atoms with Gasteiger partial charge in [0, 0.05) is 32.5 Å². The molecule has 2 aliphatic heterocycles. The van der Waals surface area contributed by atoms with E-state index in [0.29, 0.717) is 44.9 Å². The number of benzene rings is 1. The average molecular weight is 468 g/mol. The van der Waals surface area contributed by atoms with Gasteiger partial charge in [-0.3, -0.25) is 14.6 Å². The molecule has 2 saturated heterocycles. The summed E-state index contributed by atoms with van der Waals surface area (Å²) in [7, 11) is 0. The second-order valence-electron chi connectivity index (χ2n) is 8.74. The summed E-state index contributed by atoms with van der Waals surface area (Å²) in [4.78, 5) is 37.1. The Bertz CT molecular complexity index is 993. The number of anilines is 2. The maximum Gasteiger partial charge on any atom is 0.228 e. The second-order valence-corrected chi connectivity index (χ2v) is 8.74. The van der Waals surface area contributed by atoms with Crippen LogP contribution in [-0.2, 0) is 9.59 Å². The number of carbonyl (C=O) groups excluding carboxylic acids is 2. The third kappa shape index (κ3) is 5.95. The molecule has 182 valence electrons. The molecule has 1 atom stereocenters. The van der Waals surface area contributed by atoms with Gasteiger partial charge in [0.2, 0.25) is 11.8 Å². The molecular weight excluding hydrogens is 434 g/mol. The molecule has 2 aromatic rings. The molecule has 34 heavy (non-hydrogen) atoms. The zero-order valence-electron chi connectivity index (χ0n) is 19.9. The third-order valence-corrected chi connectivity index (χ3v) is 6.33. The van der Waals surface area contributed by atoms with Crippen molar-refractivity contribution in [1.29, 1.82) is 0 Å². The fourth-order valence-corrected chi connectivity index (χ4v) is 4.50. The van der Waals surface area contributed by atoms with Crippen molar-refractivity contribution in [3.63, 3.8) is 0 Å². The second kappa shape index (κ2) is 11.2. The predicted molar refractivity (Wildman–Crippen MR) is 129 cm³/mol. The zero-order chi connectivity index (χ0) is 23.9. The highest BCUT2D eigenvalue weighted by atomic mass is 16.5. The van der Waals surface area contributed by atoms with Gasteiger partial charge in [0.15, 0.2) is 17.3 Å². The molecule has 4 rings (SSSR count). The van der Waals surface area contributed by atoms with Crippen LogP contribution in [0.15, 0.2) is 36.7 Å². The van der Waals surface area contributed by atoms with Gasteiger partial charge in [-0.2, -0.15) is 0 Å². The van der Waals surface area contributed by atoms with Crippen LogP contribution in [0.25, 0.3) is 0 Å². The SMILES string of the molecule is CCOc1ccccc1OC1CCCN(c2cncc(NC(=O)C3CCN(C(C)=O)CC3)n2)C1. The number of likely N-dealkylation sites (tertiary alicyclic amines) is 1. The van der Waals surface area contributed by atoms with Crippen molar-refractivity contribution in [2.45, 2.75) is 45.6 Å². The first-order valence-electron chi connectivity index (χ1n) is 12.1. The third-order valence-electron chi connectivity index (χ3n) is 6.33. The van der Waals surface area contributed by atoms with E-state index in [1.165, 1.54) is 0 Å². The van der Waals surface area contributed by atoms with Gasteiger partial charge >= 0.3 is 0 Å². The van der Waals surface area contributed by atoms with Gasteiger partial charge < -0.3 is 24.6 Å². The molecule has 2 aliphatic rings. The lowest BCUT2D eigenvalue weighted by Crippen LogP contribution is -2.42. The number of ether oxygens (including phenoxy) is 2. The first-order valence-corrected chi connectivity index (χ1v) is 12.1. The van der Waals surface area contributed by atoms with Crippen molar-refractivity contribution in [3.8, 4) is 11.5 Å². The number of amides is 2. The van der Waals surface area contributed by atoms with Crippen LogP contribution in [0.4, 0.5) is 11.6 Å². The maximum absolute atomic E-state index is 12.7. The molecule has 1 N–H and O–H groups in total. The summed E-state index contributed by atoms with van der Waals surface area (Å²) in [5, 5.41) is 2.92. The minimum atomic E-state index is -0.126. The molecule has 0 saturated carbocycles. The van der Waals surface area contributed by atoms with E-state index in [1.54, 1.807) is 24.2 Å². The van der Waals surface area contributed by atoms with Gasteiger partial charge in [0.25, 0.3) is 0 Å². The molecule has 1 aromatic heterocycles. The molecule has 2 fully saturated rings. The Balaban J connectivity index is 1.36. The Morgan fingerprint density at radius 3 is 2.59 bits per heavy atom. The van der Waals surface area contributed by atoms with E-state index in [-0.39, 0.29) is 23.8 Å². The summed E-state index contributed by atoms with van der Waals surface area (Å²) < 4.78 is 12.0. The Morgan fingerprint density at radius 1 is 1.09 bits per heavy atom. The summed E-state index contributed by atoms with van der Waals surface area (Å²) >= 11 is 0. The molecule has 0 radical (unpaired) electrons. The van der Waals surface area contributed by atoms with Crippen LogP contribution >= 0.6 is 0 Å². The van der Waals surface area contributed by atoms with E-state index >= 15 is 0 Å². The van der Waals surface area contributed by atoms with Crippen molar-refractivity contribution >= 4 is 23.5 Å². The number of nitrogens with one attached hydrogen (secondary N) is 1. The normalized spacial score (nSPS) is 18.9. The van der Waals surface area contributed by atoms with Gasteiger partial charge in [-0.15, -0.1) is 0 Å². The number of nitrogens with zero attached hydrogens (tertiary/aromatic N) is 4. The van der Waals surface area contributed by atoms with E-state index in [2.05, 4.69) is 20.2 Å². The van der Waals surface area contributed by atoms with Gasteiger partial charge in [0.05, 0.1) is 25.5 Å². The molecule has 9 heteroatoms. The number of rotatable bonds is 7. The number of piperidine rings is 2. The van der Waals surface area contributed by atoms with E-state index < -0.39 is 0 Å². The lowest BCUT2D eigenvalue weighted by molar-refractivity contribution is -0.132. The van der Waals surface area contributed by atoms with Crippen LogP contribution in [0.2, 0.25) is 0 Å². The molecule has 0 bridgehead atoms. The number of para-hydroxylation sites is 2. The highest BCUT2D eigenvalue weighted by molar-refractivity contribution is 5.91. The summed E-state index contributed by atoms with van der Waals surface area (Å²) in [6, 6.07) is 7.73. The Labute approximate surface area is 200 Å². The largest absolute Gasteiger partial charge is 0.490 e. The Morgan fingerprint density at radius 2 is 1.85 bits per heavy atom. The first-order chi connectivity index (χ1) is 16.5. The van der Waals surface area contributed by atoms with Gasteiger partial charge in [-0.25, -0.2) is 4.98 Å². The minimum Gasteiger partial charge on any atom is -0.490 e. The van der Waals surface area contributed by atoms with Crippen LogP contribution in [0.3, 0.4) is 0 Å². The average Bonchev–Trinajstić information content (AvgIpc) is 2.86. The molecule has 1 aromatic carbocycles. The van der Waals surface area contributed by atoms with Gasteiger partial charge in [-0.05, 0) is 44.7 Å². The minimum absolute atomic E-state index is 0.00173. The smallest absolute Gasteiger partial charge is 0.228 e. The molecule has 9 nitrogen and oxygen atoms in total. The molecule has 0 spiro atoms. The lowest BCUT2D eigenvalue weighted by Gasteiger charge is -2.34. The van der Waals surface area contributed by atoms with Crippen LogP contribution in [-0.4, -0.2) is 65.6 Å². The Kier molecular flexibility index (Phi) is 7.82. The first kappa shape index (κ1) is 23.8. The number of hydrogen-bond donors (Lipinski definition) is 1. The fourth-order valence-electron chi connectivity index (χ4n) is 4.50. The highest BCUT2D eigenvalue weighted by Crippen LogP contribution is 2.30. The van der Waals surface area contributed by atoms with Crippen molar-refractivity contribution in [2.75, 3.05) is 43.0 Å². The van der Waals surface area contributed by atoms with Crippen LogP contribution in [0.5, 0.6) is 11.5 Å². The van der Waals surface area contributed by atoms with Crippen LogP contribution < -0.4 is 19.7 Å². The highest BCUT2D eigenvalue weighted by Gasteiger charge is 2.27. The number of carbonyl (C=O) groups is 2. The summed E-state index contributed by atoms with van der Waals surface area (Å²) in [6.45, 7) is 6.86. The maximum atomic E-state index is 12.7. The van der Waals surface area contributed by atoms with E-state index in [9.17, 15) is 9.59 Å². The monoisotopic (exact) mass is 467 g/mol. The quantitative estimate of drug-likeness (QED) is 0.668. The topological polar surface area (TPSA) is 96.9 Å². The standard InChI is InChI=1S/C25H33N5O4/c1-3-33-21-8-4-5-9-22(21)34-20-7-6-12-30(17-20)24-16-26-15-23(27-24)28-25(32)19-10-13-29(14-11-19)18(2)31/h4-5,8-9,15-16,19-20H,3,6-7,10-14,17H2,1-2H3,(H,27,28,32). The lowest BCUT2D eigenvalue weighted by atomic mass is 9.96. The van der Waals surface area contributed by atoms with E-state index in [4.69, 9.17) is 9.47 Å². The summed E-state index contributed by atoms with van der Waals surface area (Å²) in [5.41, 5.74) is 0. The Hall–Kier alpha value is -3.36. The van der Waals surface area contributed by atoms with Gasteiger partial charge in [-0.1, -0.05) is 12.1 Å². The van der Waals surface area contributed by atoms with Crippen LogP contribution in [0, 0.1) is 5.92 Å². The van der Waals surface area contributed by atoms with Crippen molar-refractivity contribution in [1.82, 2.24) is 14.9 Å². The van der Waals surface area contributed by atoms with Crippen molar-refractivity contribution < 1.29 is 19.1 Å². The van der Waals surface area contributed by atoms with Crippen LogP contribution in [0.1, 0.15) is 39.5 Å². The fraction of sp³-hybridized carbons (Fsp3) is 0.520. The van der Waals surface area contributed by atoms with Gasteiger partial charge in [0.1, 0.15) is 11.9 Å². The van der Waals surface area contributed by atoms with Crippen molar-refractivity contribution in [3.05, 3.63) is 36.7 Å². The molecule has 0 aliphatic carbocycles. The number of aromatic nitrogens is 2. The molecule has 1 unspecified atom stereocenters. The molecule has 3 heterocycles. The van der Waals surface area contributed by atoms with E-state index in [1.807, 2.05) is 31.2 Å². The molecule has 2 amide bonds. The number of hydrogen-bond acceptors (Lipinski definition) is 7. The predicted octanol–water partition coefficient (Wildman–Crippen LogP) is 3.12. The van der Waals surface area contributed by atoms with Crippen molar-refractivity contribution in [2.24, 2.45) is 5.92 Å². The summed E-state index contributed by atoms with van der Waals surface area (Å²) in [5.74, 6) is 2.53. The molecular formula is C25H33N5O4. The summed E-state index contributed by atoms with van der Waals surface area (Å²) in [6.07, 6.45) is 6.52. The van der Waals surface area contributed by atoms with E-state index in [0.717, 1.165) is 36.7 Å².